The summed E-state index contributed by atoms with van der Waals surface area (Å²) in [6, 6.07) is 30.8. The van der Waals surface area contributed by atoms with Gasteiger partial charge in [0.05, 0.1) is 12.2 Å². The predicted molar refractivity (Wildman–Crippen MR) is 202 cm³/mol. The summed E-state index contributed by atoms with van der Waals surface area (Å²) >= 11 is 0. The molecule has 2 aliphatic carbocycles. The molecule has 3 N–H and O–H groups in total. The highest BCUT2D eigenvalue weighted by Gasteiger charge is 2.55. The average Bonchev–Trinajstić information content (AvgIpc) is 3.74. The number of allylic oxidation sites excluding steroid dienone is 1. The first kappa shape index (κ1) is 36.8. The first-order valence-electron chi connectivity index (χ1n) is 18.3. The van der Waals surface area contributed by atoms with Crippen LogP contribution in [0.4, 0.5) is 0 Å². The number of amides is 2. The van der Waals surface area contributed by atoms with Crippen LogP contribution < -0.4 is 5.32 Å². The summed E-state index contributed by atoms with van der Waals surface area (Å²) in [5.41, 5.74) is 5.19. The third-order valence-corrected chi connectivity index (χ3v) is 10.3. The molecule has 1 spiro atoms. The van der Waals surface area contributed by atoms with Crippen molar-refractivity contribution in [2.24, 2.45) is 0 Å². The number of phenols is 1. The summed E-state index contributed by atoms with van der Waals surface area (Å²) in [6.45, 7) is -0.182. The fraction of sp³-hybridized carbons (Fsp3) is 0.295. The first-order valence-corrected chi connectivity index (χ1v) is 18.3. The van der Waals surface area contributed by atoms with E-state index in [1.54, 1.807) is 37.4 Å². The monoisotopic (exact) mass is 728 g/mol. The van der Waals surface area contributed by atoms with Crippen LogP contribution in [0.2, 0.25) is 0 Å². The number of benzene rings is 4. The standard InChI is InChI=1S/C44H44N2O8/c1-46(36(41(49)45-22-23-47)24-29-12-3-2-4-13-29)42(50)34-25-38(40-39(26-34)53-44(54-40)27-32-16-5-6-17-33(32)28-44)52-43(51)35-20-9-7-14-30(35)18-11-19-31-15-8-10-21-37(31)48/h2-18,20-21,26,36,38-40,47-48H,19,22-25,27-28H2,1H3,(H,45,49)/t36-,38-,39-,40+/m1/s1. The lowest BCUT2D eigenvalue weighted by atomic mass is 9.90. The van der Waals surface area contributed by atoms with Gasteiger partial charge < -0.3 is 34.6 Å². The van der Waals surface area contributed by atoms with Crippen LogP contribution in [0.25, 0.3) is 6.08 Å². The summed E-state index contributed by atoms with van der Waals surface area (Å²) in [4.78, 5) is 43.2. The molecule has 4 aromatic rings. The lowest BCUT2D eigenvalue weighted by Crippen LogP contribution is -2.51. The van der Waals surface area contributed by atoms with Crippen LogP contribution in [0.3, 0.4) is 0 Å². The Morgan fingerprint density at radius 2 is 1.61 bits per heavy atom. The topological polar surface area (TPSA) is 135 Å². The highest BCUT2D eigenvalue weighted by Crippen LogP contribution is 2.45. The van der Waals surface area contributed by atoms with Gasteiger partial charge in [-0.05, 0) is 52.4 Å². The number of aliphatic hydroxyl groups excluding tert-OH is 1. The molecule has 0 aromatic heterocycles. The van der Waals surface area contributed by atoms with Gasteiger partial charge in [-0.1, -0.05) is 103 Å². The van der Waals surface area contributed by atoms with E-state index in [0.717, 1.165) is 22.3 Å². The smallest absolute Gasteiger partial charge is 0.339 e. The number of aliphatic hydroxyl groups is 1. The second kappa shape index (κ2) is 16.2. The molecule has 1 saturated heterocycles. The van der Waals surface area contributed by atoms with Crippen molar-refractivity contribution in [2.45, 2.75) is 62.2 Å². The van der Waals surface area contributed by atoms with Gasteiger partial charge in [0.15, 0.2) is 5.79 Å². The fourth-order valence-electron chi connectivity index (χ4n) is 7.59. The van der Waals surface area contributed by atoms with Crippen LogP contribution in [0.5, 0.6) is 5.75 Å². The van der Waals surface area contributed by atoms with Crippen molar-refractivity contribution in [3.8, 4) is 5.75 Å². The highest BCUT2D eigenvalue weighted by molar-refractivity contribution is 5.98. The van der Waals surface area contributed by atoms with Crippen LogP contribution in [-0.2, 0) is 49.5 Å². The number of aromatic hydroxyl groups is 1. The van der Waals surface area contributed by atoms with Crippen molar-refractivity contribution >= 4 is 23.9 Å². The zero-order valence-corrected chi connectivity index (χ0v) is 30.1. The van der Waals surface area contributed by atoms with Gasteiger partial charge in [-0.2, -0.15) is 0 Å². The second-order valence-corrected chi connectivity index (χ2v) is 14.0. The number of carbonyl (C=O) groups is 3. The highest BCUT2D eigenvalue weighted by atomic mass is 16.8. The Kier molecular flexibility index (Phi) is 11.1. The number of rotatable bonds is 12. The molecular weight excluding hydrogens is 684 g/mol. The third kappa shape index (κ3) is 8.01. The molecule has 4 aromatic carbocycles. The minimum absolute atomic E-state index is 0.0457. The summed E-state index contributed by atoms with van der Waals surface area (Å²) in [7, 11) is 1.58. The van der Waals surface area contributed by atoms with Gasteiger partial charge in [0.2, 0.25) is 11.8 Å². The Labute approximate surface area is 314 Å². The molecule has 7 rings (SSSR count). The summed E-state index contributed by atoms with van der Waals surface area (Å²) in [5, 5.41) is 22.3. The number of hydrogen-bond donors (Lipinski definition) is 3. The molecule has 2 amide bonds. The summed E-state index contributed by atoms with van der Waals surface area (Å²) < 4.78 is 19.6. The van der Waals surface area contributed by atoms with Gasteiger partial charge in [-0.15, -0.1) is 0 Å². The Morgan fingerprint density at radius 1 is 0.926 bits per heavy atom. The van der Waals surface area contributed by atoms with Crippen molar-refractivity contribution in [1.82, 2.24) is 10.2 Å². The molecule has 54 heavy (non-hydrogen) atoms. The second-order valence-electron chi connectivity index (χ2n) is 14.0. The lowest BCUT2D eigenvalue weighted by molar-refractivity contribution is -0.172. The van der Waals surface area contributed by atoms with Crippen LogP contribution >= 0.6 is 0 Å². The molecule has 0 unspecified atom stereocenters. The van der Waals surface area contributed by atoms with Crippen molar-refractivity contribution < 1.29 is 38.8 Å². The Hall–Kier alpha value is -5.55. The zero-order valence-electron chi connectivity index (χ0n) is 30.1. The number of nitrogens with zero attached hydrogens (tertiary/aromatic N) is 1. The maximum Gasteiger partial charge on any atom is 0.339 e. The van der Waals surface area contributed by atoms with Gasteiger partial charge >= 0.3 is 5.97 Å². The van der Waals surface area contributed by atoms with Crippen molar-refractivity contribution in [3.63, 3.8) is 0 Å². The van der Waals surface area contributed by atoms with Crippen molar-refractivity contribution in [1.29, 1.82) is 0 Å². The molecule has 0 saturated carbocycles. The normalized spacial score (nSPS) is 20.2. The van der Waals surface area contributed by atoms with Crippen LogP contribution in [0.15, 0.2) is 121 Å². The molecule has 4 atom stereocenters. The van der Waals surface area contributed by atoms with E-state index in [9.17, 15) is 24.6 Å². The third-order valence-electron chi connectivity index (χ3n) is 10.3. The molecular formula is C44H44N2O8. The minimum atomic E-state index is -0.978. The molecule has 3 aliphatic rings. The number of carbonyl (C=O) groups excluding carboxylic acids is 3. The van der Waals surface area contributed by atoms with Gasteiger partial charge in [0, 0.05) is 44.8 Å². The van der Waals surface area contributed by atoms with E-state index in [1.165, 1.54) is 4.90 Å². The SMILES string of the molecule is CN(C(=O)C1=C[C@H]2OC3(Cc4ccccc4C3)O[C@H]2[C@H](OC(=O)c2ccccc2C=CCc2ccccc2O)C1)[C@H](Cc1ccccc1)C(=O)NCCO. The Bertz CT molecular complexity index is 2040. The van der Waals surface area contributed by atoms with E-state index < -0.39 is 47.9 Å². The van der Waals surface area contributed by atoms with E-state index >= 15 is 0 Å². The molecule has 1 heterocycles. The largest absolute Gasteiger partial charge is 0.508 e. The summed E-state index contributed by atoms with van der Waals surface area (Å²) in [6.07, 6.45) is 5.01. The number of nitrogens with one attached hydrogen (secondary N) is 1. The number of fused-ring (bicyclic) bond motifs is 2. The average molecular weight is 729 g/mol. The fourth-order valence-corrected chi connectivity index (χ4v) is 7.59. The predicted octanol–water partition coefficient (Wildman–Crippen LogP) is 4.96. The molecule has 278 valence electrons. The zero-order chi connectivity index (χ0) is 37.7. The van der Waals surface area contributed by atoms with Crippen molar-refractivity contribution in [2.75, 3.05) is 20.2 Å². The number of ether oxygens (including phenoxy) is 3. The van der Waals surface area contributed by atoms with E-state index in [4.69, 9.17) is 14.2 Å². The van der Waals surface area contributed by atoms with Gasteiger partial charge in [-0.25, -0.2) is 4.79 Å². The molecule has 10 heteroatoms. The van der Waals surface area contributed by atoms with E-state index in [0.29, 0.717) is 36.0 Å². The molecule has 1 aliphatic heterocycles. The van der Waals surface area contributed by atoms with Crippen molar-refractivity contribution in [3.05, 3.63) is 154 Å². The number of likely N-dealkylation sites (N-methyl/N-ethyl adjacent to an activating group) is 1. The molecule has 0 bridgehead atoms. The van der Waals surface area contributed by atoms with E-state index in [-0.39, 0.29) is 31.7 Å². The van der Waals surface area contributed by atoms with Crippen LogP contribution in [0.1, 0.15) is 44.6 Å². The van der Waals surface area contributed by atoms with E-state index in [2.05, 4.69) is 5.32 Å². The van der Waals surface area contributed by atoms with Gasteiger partial charge in [-0.3, -0.25) is 9.59 Å². The number of para-hydroxylation sites is 1. The van der Waals surface area contributed by atoms with Crippen LogP contribution in [0, 0.1) is 0 Å². The maximum atomic E-state index is 14.4. The van der Waals surface area contributed by atoms with E-state index in [1.807, 2.05) is 91.0 Å². The lowest BCUT2D eigenvalue weighted by Gasteiger charge is -2.33. The Morgan fingerprint density at radius 3 is 2.35 bits per heavy atom. The maximum absolute atomic E-state index is 14.4. The summed E-state index contributed by atoms with van der Waals surface area (Å²) in [5.74, 6) is -2.15. The molecule has 1 fully saturated rings. The van der Waals surface area contributed by atoms with Crippen LogP contribution in [-0.4, -0.2) is 83.2 Å². The molecule has 10 nitrogen and oxygen atoms in total. The number of esters is 1. The Balaban J connectivity index is 1.15. The minimum Gasteiger partial charge on any atom is -0.508 e. The van der Waals surface area contributed by atoms with Gasteiger partial charge in [0.1, 0.15) is 30.1 Å². The van der Waals surface area contributed by atoms with Gasteiger partial charge in [0.25, 0.3) is 0 Å². The first-order chi connectivity index (χ1) is 26.2. The number of hydrogen-bond acceptors (Lipinski definition) is 8. The molecule has 0 radical (unpaired) electrons. The number of phenolic OH excluding ortho intramolecular Hbond substituents is 1. The quantitative estimate of drug-likeness (QED) is 0.175.